The summed E-state index contributed by atoms with van der Waals surface area (Å²) in [6.07, 6.45) is 4.92. The number of imidazole rings is 1. The maximum atomic E-state index is 12.4. The SMILES string of the molecule is CCn1cnc2c1CCN(C(=O)Nc1ccc(S(C)(=O)=O)cn1)C2. The minimum absolute atomic E-state index is 0.119. The number of hydrogen-bond acceptors (Lipinski definition) is 5. The number of pyridine rings is 1. The van der Waals surface area contributed by atoms with E-state index < -0.39 is 9.84 Å². The van der Waals surface area contributed by atoms with Gasteiger partial charge in [0.25, 0.3) is 0 Å². The Hall–Kier alpha value is -2.42. The average molecular weight is 349 g/mol. The van der Waals surface area contributed by atoms with Crippen molar-refractivity contribution in [3.8, 4) is 0 Å². The number of aromatic nitrogens is 3. The van der Waals surface area contributed by atoms with Gasteiger partial charge in [-0.2, -0.15) is 0 Å². The molecule has 0 saturated heterocycles. The van der Waals surface area contributed by atoms with Crippen molar-refractivity contribution >= 4 is 21.7 Å². The quantitative estimate of drug-likeness (QED) is 0.900. The Morgan fingerprint density at radius 3 is 2.75 bits per heavy atom. The van der Waals surface area contributed by atoms with E-state index in [1.54, 1.807) is 11.2 Å². The number of urea groups is 1. The third-order valence-corrected chi connectivity index (χ3v) is 5.12. The monoisotopic (exact) mass is 349 g/mol. The Labute approximate surface area is 140 Å². The van der Waals surface area contributed by atoms with Crippen LogP contribution in [0, 0.1) is 0 Å². The van der Waals surface area contributed by atoms with Gasteiger partial charge in [-0.25, -0.2) is 23.2 Å². The van der Waals surface area contributed by atoms with Crippen LogP contribution in [0.2, 0.25) is 0 Å². The molecule has 3 heterocycles. The zero-order valence-corrected chi connectivity index (χ0v) is 14.4. The van der Waals surface area contributed by atoms with Gasteiger partial charge in [0.2, 0.25) is 0 Å². The van der Waals surface area contributed by atoms with Gasteiger partial charge >= 0.3 is 6.03 Å². The Bertz CT molecular complexity index is 858. The molecule has 8 nitrogen and oxygen atoms in total. The molecule has 1 aliphatic rings. The first-order chi connectivity index (χ1) is 11.4. The minimum atomic E-state index is -3.30. The molecule has 0 aromatic carbocycles. The molecule has 1 N–H and O–H groups in total. The van der Waals surface area contributed by atoms with E-state index >= 15 is 0 Å². The van der Waals surface area contributed by atoms with E-state index in [0.29, 0.717) is 18.9 Å². The van der Waals surface area contributed by atoms with Crippen LogP contribution in [0.5, 0.6) is 0 Å². The number of hydrogen-bond donors (Lipinski definition) is 1. The highest BCUT2D eigenvalue weighted by Crippen LogP contribution is 2.19. The molecule has 3 rings (SSSR count). The lowest BCUT2D eigenvalue weighted by Gasteiger charge is -2.27. The molecule has 0 fully saturated rings. The van der Waals surface area contributed by atoms with Crippen LogP contribution >= 0.6 is 0 Å². The molecule has 128 valence electrons. The smallest absolute Gasteiger partial charge is 0.323 e. The van der Waals surface area contributed by atoms with Gasteiger partial charge in [0.1, 0.15) is 5.82 Å². The fourth-order valence-electron chi connectivity index (χ4n) is 2.68. The second kappa shape index (κ2) is 6.23. The molecule has 0 radical (unpaired) electrons. The van der Waals surface area contributed by atoms with Gasteiger partial charge in [-0.1, -0.05) is 0 Å². The molecule has 2 aromatic rings. The van der Waals surface area contributed by atoms with E-state index in [9.17, 15) is 13.2 Å². The Balaban J connectivity index is 1.67. The molecule has 0 atom stereocenters. The fourth-order valence-corrected chi connectivity index (χ4v) is 3.24. The zero-order valence-electron chi connectivity index (χ0n) is 13.6. The molecule has 2 aromatic heterocycles. The molecule has 0 spiro atoms. The topological polar surface area (TPSA) is 97.2 Å². The van der Waals surface area contributed by atoms with Crippen LogP contribution in [0.1, 0.15) is 18.3 Å². The third kappa shape index (κ3) is 3.25. The van der Waals surface area contributed by atoms with Crippen molar-refractivity contribution in [2.45, 2.75) is 31.3 Å². The number of aryl methyl sites for hydroxylation is 1. The summed E-state index contributed by atoms with van der Waals surface area (Å²) in [4.78, 5) is 22.5. The molecule has 9 heteroatoms. The minimum Gasteiger partial charge on any atom is -0.334 e. The molecular formula is C15H19N5O3S. The normalized spacial score (nSPS) is 14.3. The van der Waals surface area contributed by atoms with Crippen LogP contribution in [0.3, 0.4) is 0 Å². The summed E-state index contributed by atoms with van der Waals surface area (Å²) in [5, 5.41) is 2.69. The first-order valence-electron chi connectivity index (χ1n) is 7.63. The number of amides is 2. The Morgan fingerprint density at radius 1 is 1.33 bits per heavy atom. The Kier molecular flexibility index (Phi) is 4.27. The van der Waals surface area contributed by atoms with Crippen LogP contribution in [-0.2, 0) is 29.3 Å². The van der Waals surface area contributed by atoms with Crippen LogP contribution in [-0.4, -0.2) is 46.7 Å². The second-order valence-electron chi connectivity index (χ2n) is 5.68. The van der Waals surface area contributed by atoms with Gasteiger partial charge in [-0.15, -0.1) is 0 Å². The molecule has 1 aliphatic heterocycles. The summed E-state index contributed by atoms with van der Waals surface area (Å²) >= 11 is 0. The molecule has 0 aliphatic carbocycles. The lowest BCUT2D eigenvalue weighted by molar-refractivity contribution is 0.205. The van der Waals surface area contributed by atoms with Gasteiger partial charge in [0, 0.05) is 37.7 Å². The maximum absolute atomic E-state index is 12.4. The van der Waals surface area contributed by atoms with E-state index in [2.05, 4.69) is 26.8 Å². The Morgan fingerprint density at radius 2 is 2.12 bits per heavy atom. The lowest BCUT2D eigenvalue weighted by Crippen LogP contribution is -2.39. The summed E-state index contributed by atoms with van der Waals surface area (Å²) in [5.41, 5.74) is 2.09. The van der Waals surface area contributed by atoms with E-state index in [4.69, 9.17) is 0 Å². The fraction of sp³-hybridized carbons (Fsp3) is 0.400. The van der Waals surface area contributed by atoms with Crippen molar-refractivity contribution in [1.82, 2.24) is 19.4 Å². The van der Waals surface area contributed by atoms with Crippen molar-refractivity contribution in [1.29, 1.82) is 0 Å². The maximum Gasteiger partial charge on any atom is 0.323 e. The first-order valence-corrected chi connectivity index (χ1v) is 9.52. The van der Waals surface area contributed by atoms with Crippen LogP contribution in [0.4, 0.5) is 10.6 Å². The van der Waals surface area contributed by atoms with Crippen molar-refractivity contribution in [2.75, 3.05) is 18.1 Å². The number of nitrogens with one attached hydrogen (secondary N) is 1. The largest absolute Gasteiger partial charge is 0.334 e. The molecule has 2 amide bonds. The number of fused-ring (bicyclic) bond motifs is 1. The van der Waals surface area contributed by atoms with Gasteiger partial charge in [-0.05, 0) is 19.1 Å². The van der Waals surface area contributed by atoms with Gasteiger partial charge in [0.05, 0.1) is 23.5 Å². The third-order valence-electron chi connectivity index (χ3n) is 4.02. The predicted molar refractivity (Wildman–Crippen MR) is 88.4 cm³/mol. The molecule has 0 unspecified atom stereocenters. The molecule has 0 saturated carbocycles. The highest BCUT2D eigenvalue weighted by Gasteiger charge is 2.24. The predicted octanol–water partition coefficient (Wildman–Crippen LogP) is 1.29. The van der Waals surface area contributed by atoms with Crippen molar-refractivity contribution in [3.05, 3.63) is 36.0 Å². The number of carbonyl (C=O) groups excluding carboxylic acids is 1. The van der Waals surface area contributed by atoms with Crippen LogP contribution < -0.4 is 5.32 Å². The summed E-state index contributed by atoms with van der Waals surface area (Å²) in [6.45, 7) is 3.99. The highest BCUT2D eigenvalue weighted by atomic mass is 32.2. The molecule has 24 heavy (non-hydrogen) atoms. The summed E-state index contributed by atoms with van der Waals surface area (Å²) < 4.78 is 24.9. The standard InChI is InChI=1S/C15H19N5O3S/c1-3-19-10-17-12-9-20(7-6-13(12)19)15(21)18-14-5-4-11(8-16-14)24(2,22)23/h4-5,8,10H,3,6-7,9H2,1-2H3,(H,16,18,21). The van der Waals surface area contributed by atoms with Gasteiger partial charge in [-0.3, -0.25) is 5.32 Å². The van der Waals surface area contributed by atoms with Crippen molar-refractivity contribution in [2.24, 2.45) is 0 Å². The summed E-state index contributed by atoms with van der Waals surface area (Å²) in [6, 6.07) is 2.64. The number of carbonyl (C=O) groups is 1. The van der Waals surface area contributed by atoms with E-state index in [-0.39, 0.29) is 10.9 Å². The first kappa shape index (κ1) is 16.4. The molecule has 0 bridgehead atoms. The van der Waals surface area contributed by atoms with Crippen LogP contribution in [0.25, 0.3) is 0 Å². The highest BCUT2D eigenvalue weighted by molar-refractivity contribution is 7.90. The number of sulfone groups is 1. The number of rotatable bonds is 3. The summed E-state index contributed by atoms with van der Waals surface area (Å²) in [5.74, 6) is 0.317. The van der Waals surface area contributed by atoms with E-state index in [0.717, 1.165) is 24.9 Å². The lowest BCUT2D eigenvalue weighted by atomic mass is 10.1. The zero-order chi connectivity index (χ0) is 17.3. The van der Waals surface area contributed by atoms with Gasteiger partial charge in [0.15, 0.2) is 9.84 Å². The van der Waals surface area contributed by atoms with E-state index in [1.807, 2.05) is 0 Å². The second-order valence-corrected chi connectivity index (χ2v) is 7.69. The summed E-state index contributed by atoms with van der Waals surface area (Å²) in [7, 11) is -3.30. The number of anilines is 1. The van der Waals surface area contributed by atoms with Gasteiger partial charge < -0.3 is 9.47 Å². The van der Waals surface area contributed by atoms with Crippen molar-refractivity contribution < 1.29 is 13.2 Å². The average Bonchev–Trinajstić information content (AvgIpc) is 2.96. The van der Waals surface area contributed by atoms with Crippen molar-refractivity contribution in [3.63, 3.8) is 0 Å². The van der Waals surface area contributed by atoms with E-state index in [1.165, 1.54) is 24.0 Å². The molecular weight excluding hydrogens is 330 g/mol. The van der Waals surface area contributed by atoms with Crippen LogP contribution in [0.15, 0.2) is 29.6 Å². The number of nitrogens with zero attached hydrogens (tertiary/aromatic N) is 4.